The van der Waals surface area contributed by atoms with E-state index >= 15 is 0 Å². The number of methoxy groups -OCH3 is 4. The molecule has 7 aromatic rings. The van der Waals surface area contributed by atoms with Gasteiger partial charge in [-0.1, -0.05) is 233 Å². The Morgan fingerprint density at radius 2 is 0.535 bits per heavy atom. The van der Waals surface area contributed by atoms with Gasteiger partial charge in [-0.05, 0) is 206 Å². The number of hydrogen-bond acceptors (Lipinski definition) is 10. The highest BCUT2D eigenvalue weighted by atomic mass is 16.5. The topological polar surface area (TPSA) is 92.3 Å². The Labute approximate surface area is 612 Å². The highest BCUT2D eigenvalue weighted by Gasteiger charge is 2.12. The summed E-state index contributed by atoms with van der Waals surface area (Å²) in [7, 11) is 6.93. The van der Waals surface area contributed by atoms with Gasteiger partial charge in [0.15, 0.2) is 0 Å². The maximum atomic E-state index is 5.70. The molecule has 7 aromatic carbocycles. The van der Waals surface area contributed by atoms with E-state index in [4.69, 9.17) is 47.4 Å². The molecular formula is C91H126O10. The van der Waals surface area contributed by atoms with Crippen LogP contribution in [0.25, 0.3) is 36.5 Å². The van der Waals surface area contributed by atoms with Gasteiger partial charge in [-0.15, -0.1) is 0 Å². The number of hydrogen-bond donors (Lipinski definition) is 0. The van der Waals surface area contributed by atoms with E-state index in [1.807, 2.05) is 188 Å². The summed E-state index contributed by atoms with van der Waals surface area (Å²) in [4.78, 5) is 0. The van der Waals surface area contributed by atoms with Crippen LogP contribution in [0.2, 0.25) is 0 Å². The lowest BCUT2D eigenvalue weighted by molar-refractivity contribution is 0.184. The molecule has 10 nitrogen and oxygen atoms in total. The third-order valence-corrected chi connectivity index (χ3v) is 15.8. The monoisotopic (exact) mass is 1380 g/mol. The number of benzene rings is 7. The van der Waals surface area contributed by atoms with Crippen LogP contribution in [0.4, 0.5) is 0 Å². The van der Waals surface area contributed by atoms with Crippen LogP contribution in [0.15, 0.2) is 203 Å². The Morgan fingerprint density at radius 3 is 0.842 bits per heavy atom. The largest absolute Gasteiger partial charge is 0.497 e. The number of fused-ring (bicyclic) bond motifs is 1. The molecule has 10 heteroatoms. The van der Waals surface area contributed by atoms with Crippen molar-refractivity contribution in [1.82, 2.24) is 0 Å². The predicted molar refractivity (Wildman–Crippen MR) is 433 cm³/mol. The summed E-state index contributed by atoms with van der Waals surface area (Å²) in [6.45, 7) is 36.1. The molecule has 8 rings (SSSR count). The van der Waals surface area contributed by atoms with Crippen LogP contribution in [0.1, 0.15) is 187 Å². The van der Waals surface area contributed by atoms with E-state index in [0.29, 0.717) is 0 Å². The van der Waals surface area contributed by atoms with Gasteiger partial charge < -0.3 is 47.4 Å². The number of unbranched alkanes of at least 4 members (excludes halogenated alkanes) is 13. The molecule has 0 bridgehead atoms. The molecule has 0 atom stereocenters. The third-order valence-electron chi connectivity index (χ3n) is 15.8. The van der Waals surface area contributed by atoms with Crippen molar-refractivity contribution >= 4 is 36.5 Å². The lowest BCUT2D eigenvalue weighted by Crippen LogP contribution is -2.07. The summed E-state index contributed by atoms with van der Waals surface area (Å²) in [6.07, 6.45) is 35.9. The van der Waals surface area contributed by atoms with Gasteiger partial charge >= 0.3 is 0 Å². The van der Waals surface area contributed by atoms with Crippen LogP contribution < -0.4 is 33.2 Å². The fourth-order valence-electron chi connectivity index (χ4n) is 9.51. The fraction of sp³-hybridized carbons (Fsp3) is 0.407. The molecule has 0 amide bonds. The second kappa shape index (κ2) is 62.5. The predicted octanol–water partition coefficient (Wildman–Crippen LogP) is 24.5. The van der Waals surface area contributed by atoms with Gasteiger partial charge in [-0.2, -0.15) is 0 Å². The zero-order chi connectivity index (χ0) is 73.3. The molecule has 0 N–H and O–H groups in total. The molecule has 0 saturated carbocycles. The number of aryl methyl sites for hydroxylation is 2. The van der Waals surface area contributed by atoms with Crippen LogP contribution in [-0.4, -0.2) is 87.9 Å². The maximum absolute atomic E-state index is 5.70. The number of ether oxygens (including phenoxy) is 10. The van der Waals surface area contributed by atoms with Gasteiger partial charge in [-0.3, -0.25) is 0 Å². The van der Waals surface area contributed by atoms with Crippen LogP contribution in [0, 0.1) is 0 Å². The Bertz CT molecular complexity index is 3150. The molecule has 0 aromatic heterocycles. The standard InChI is InChI=1S/C17H26O2.C15H22O2.C14H20O.C13H18O2.C12H16O.C11H14O.C9H10O/c1-3-16-10-12-17(13-11-16)19-15-9-7-5-4-6-8-14-18-2;1-3-14-9-8-10-15(13-14)17-12-7-5-4-6-11-16-2;1-3-5-6-7-11-15-14-10-8-9-13(4-2)12-14;1-3-12-6-8-13(9-7-12)15-11-5-4-10-14-2;1-3-5-10-13-12-8-6-11(4-2)7-9-12;1-3-9-12-11-7-5-10(4-2)6-8-11;1-10-9-5-4-7-2-3-8(7)6-9/h3,10-13H,1,4-9,14-15H2,2H3;3,8-10,13H,1,4-7,11-12H2,2H3;4,8-10,12H,2-3,5-7,11H2,1H3;3,6-9H,1,4-5,10-11H2,2H3;4,6-9H,2-3,5,10H2,1H3;4-8H,2-3,9H2,1H3;4-6H,2-3H2,1H3. The van der Waals surface area contributed by atoms with Crippen molar-refractivity contribution in [3.63, 3.8) is 0 Å². The Kier molecular flexibility index (Phi) is 54.8. The molecular weight excluding hydrogens is 1250 g/mol. The maximum Gasteiger partial charge on any atom is 0.119 e. The summed E-state index contributed by atoms with van der Waals surface area (Å²) < 4.78 is 53.6. The molecule has 101 heavy (non-hydrogen) atoms. The minimum atomic E-state index is 0.747. The lowest BCUT2D eigenvalue weighted by atomic mass is 9.89. The fourth-order valence-corrected chi connectivity index (χ4v) is 9.51. The van der Waals surface area contributed by atoms with Crippen molar-refractivity contribution in [2.24, 2.45) is 0 Å². The highest BCUT2D eigenvalue weighted by molar-refractivity contribution is 5.52. The Morgan fingerprint density at radius 1 is 0.248 bits per heavy atom. The van der Waals surface area contributed by atoms with Gasteiger partial charge in [0.25, 0.3) is 0 Å². The van der Waals surface area contributed by atoms with Crippen LogP contribution in [-0.2, 0) is 27.1 Å². The number of rotatable bonds is 44. The minimum absolute atomic E-state index is 0.747. The van der Waals surface area contributed by atoms with E-state index < -0.39 is 0 Å². The third kappa shape index (κ3) is 45.8. The molecule has 0 fully saturated rings. The average molecular weight is 1380 g/mol. The minimum Gasteiger partial charge on any atom is -0.497 e. The second-order valence-electron chi connectivity index (χ2n) is 24.0. The van der Waals surface area contributed by atoms with Crippen molar-refractivity contribution in [3.05, 3.63) is 248 Å². The van der Waals surface area contributed by atoms with Gasteiger partial charge in [0, 0.05) is 41.2 Å². The van der Waals surface area contributed by atoms with E-state index in [1.165, 1.54) is 94.6 Å². The normalized spacial score (nSPS) is 10.3. The molecule has 0 unspecified atom stereocenters. The highest BCUT2D eigenvalue weighted by Crippen LogP contribution is 2.27. The molecule has 0 spiro atoms. The first kappa shape index (κ1) is 88.5. The van der Waals surface area contributed by atoms with Gasteiger partial charge in [-0.25, -0.2) is 0 Å². The lowest BCUT2D eigenvalue weighted by Gasteiger charge is -2.18. The molecule has 0 aliphatic heterocycles. The quantitative estimate of drug-likeness (QED) is 0.0344. The summed E-state index contributed by atoms with van der Waals surface area (Å²) in [5.74, 6) is 6.60. The molecule has 1 aliphatic rings. The van der Waals surface area contributed by atoms with E-state index in [9.17, 15) is 0 Å². The van der Waals surface area contributed by atoms with E-state index in [0.717, 1.165) is 184 Å². The first-order chi connectivity index (χ1) is 49.6. The molecule has 1 aliphatic carbocycles. The van der Waals surface area contributed by atoms with Crippen molar-refractivity contribution in [3.8, 4) is 40.2 Å². The molecule has 550 valence electrons. The van der Waals surface area contributed by atoms with E-state index in [1.54, 1.807) is 28.4 Å². The van der Waals surface area contributed by atoms with Crippen molar-refractivity contribution < 1.29 is 47.4 Å². The van der Waals surface area contributed by atoms with Crippen molar-refractivity contribution in [1.29, 1.82) is 0 Å². The Hall–Kier alpha value is -8.54. The zero-order valence-electron chi connectivity index (χ0n) is 63.1. The van der Waals surface area contributed by atoms with E-state index in [-0.39, 0.29) is 0 Å². The summed E-state index contributed by atoms with van der Waals surface area (Å²) in [5, 5.41) is 0. The molecule has 0 radical (unpaired) electrons. The van der Waals surface area contributed by atoms with Gasteiger partial charge in [0.2, 0.25) is 0 Å². The van der Waals surface area contributed by atoms with Crippen molar-refractivity contribution in [2.45, 2.75) is 156 Å². The Balaban J connectivity index is 0.000000403. The summed E-state index contributed by atoms with van der Waals surface area (Å²) in [5.41, 5.74) is 9.65. The van der Waals surface area contributed by atoms with Crippen LogP contribution >= 0.6 is 0 Å². The van der Waals surface area contributed by atoms with E-state index in [2.05, 4.69) is 72.4 Å². The first-order valence-corrected chi connectivity index (χ1v) is 36.8. The average Bonchev–Trinajstić information content (AvgIpc) is 0.827. The smallest absolute Gasteiger partial charge is 0.119 e. The zero-order valence-corrected chi connectivity index (χ0v) is 63.1. The summed E-state index contributed by atoms with van der Waals surface area (Å²) >= 11 is 0. The van der Waals surface area contributed by atoms with Crippen LogP contribution in [0.3, 0.4) is 0 Å². The van der Waals surface area contributed by atoms with Crippen LogP contribution in [0.5, 0.6) is 40.2 Å². The molecule has 0 heterocycles. The summed E-state index contributed by atoms with van der Waals surface area (Å²) in [6, 6.07) is 54.2. The van der Waals surface area contributed by atoms with Gasteiger partial charge in [0.05, 0.1) is 46.8 Å². The van der Waals surface area contributed by atoms with Gasteiger partial charge in [0.1, 0.15) is 40.2 Å². The molecule has 0 saturated heterocycles. The SMILES string of the molecule is C=Cc1ccc(OCCC)cc1.C=Cc1ccc(OCCCC)cc1.C=Cc1ccc(OCCCCCCCCOC)cc1.C=Cc1ccc(OCCCCOC)cc1.C=Cc1cccc(OCCCCCC)c1.C=Cc1cccc(OCCCCCCOC)c1.COc1ccc2c(c1)CC2. The first-order valence-electron chi connectivity index (χ1n) is 36.8. The second-order valence-corrected chi connectivity index (χ2v) is 24.0. The van der Waals surface area contributed by atoms with Crippen molar-refractivity contribution in [2.75, 3.05) is 87.9 Å².